The molecule has 5 heteroatoms. The zero-order valence-electron chi connectivity index (χ0n) is 9.26. The molecular weight excluding hydrogens is 307 g/mol. The number of aromatic nitrogens is 2. The second-order valence-corrected chi connectivity index (χ2v) is 4.95. The van der Waals surface area contributed by atoms with Gasteiger partial charge in [-0.15, -0.1) is 0 Å². The van der Waals surface area contributed by atoms with E-state index in [0.717, 1.165) is 11.3 Å². The van der Waals surface area contributed by atoms with Crippen LogP contribution in [0.15, 0.2) is 22.7 Å². The Morgan fingerprint density at radius 2 is 1.94 bits per heavy atom. The van der Waals surface area contributed by atoms with Crippen LogP contribution in [0, 0.1) is 19.7 Å². The molecule has 0 aliphatic rings. The summed E-state index contributed by atoms with van der Waals surface area (Å²) in [6, 6.07) is 4.74. The first kappa shape index (κ1) is 12.5. The lowest BCUT2D eigenvalue weighted by Crippen LogP contribution is -1.98. The van der Waals surface area contributed by atoms with Crippen LogP contribution in [0.25, 0.3) is 11.4 Å². The molecule has 0 atom stereocenters. The fourth-order valence-corrected chi connectivity index (χ4v) is 1.94. The zero-order valence-corrected chi connectivity index (χ0v) is 11.6. The Kier molecular flexibility index (Phi) is 3.45. The molecule has 0 N–H and O–H groups in total. The van der Waals surface area contributed by atoms with E-state index >= 15 is 0 Å². The standard InChI is InChI=1S/C12H9BrClFN2/c1-6-7(2)16-12(17-11(6)14)9-4-3-8(13)5-10(9)15/h3-5H,1-2H3. The van der Waals surface area contributed by atoms with Gasteiger partial charge in [0, 0.05) is 15.7 Å². The van der Waals surface area contributed by atoms with Crippen molar-refractivity contribution in [1.29, 1.82) is 0 Å². The molecule has 1 aromatic carbocycles. The van der Waals surface area contributed by atoms with Gasteiger partial charge in [0.25, 0.3) is 0 Å². The number of benzene rings is 1. The van der Waals surface area contributed by atoms with Crippen LogP contribution in [0.2, 0.25) is 5.15 Å². The van der Waals surface area contributed by atoms with E-state index in [1.54, 1.807) is 12.1 Å². The summed E-state index contributed by atoms with van der Waals surface area (Å²) in [4.78, 5) is 8.34. The van der Waals surface area contributed by atoms with Gasteiger partial charge in [0.1, 0.15) is 11.0 Å². The molecule has 0 unspecified atom stereocenters. The van der Waals surface area contributed by atoms with E-state index < -0.39 is 0 Å². The van der Waals surface area contributed by atoms with Gasteiger partial charge in [0.05, 0.1) is 5.56 Å². The third kappa shape index (κ3) is 2.48. The monoisotopic (exact) mass is 314 g/mol. The number of hydrogen-bond donors (Lipinski definition) is 0. The van der Waals surface area contributed by atoms with Crippen LogP contribution in [0.3, 0.4) is 0 Å². The van der Waals surface area contributed by atoms with E-state index in [9.17, 15) is 4.39 Å². The van der Waals surface area contributed by atoms with Crippen LogP contribution < -0.4 is 0 Å². The summed E-state index contributed by atoms with van der Waals surface area (Å²) < 4.78 is 14.4. The molecule has 0 saturated carbocycles. The van der Waals surface area contributed by atoms with Gasteiger partial charge < -0.3 is 0 Å². The molecule has 17 heavy (non-hydrogen) atoms. The largest absolute Gasteiger partial charge is 0.233 e. The maximum Gasteiger partial charge on any atom is 0.164 e. The molecule has 1 heterocycles. The van der Waals surface area contributed by atoms with Crippen molar-refractivity contribution >= 4 is 27.5 Å². The van der Waals surface area contributed by atoms with Gasteiger partial charge in [0.15, 0.2) is 5.82 Å². The maximum absolute atomic E-state index is 13.7. The molecule has 2 rings (SSSR count). The highest BCUT2D eigenvalue weighted by Gasteiger charge is 2.12. The van der Waals surface area contributed by atoms with E-state index in [0.29, 0.717) is 21.0 Å². The molecule has 0 saturated heterocycles. The molecule has 0 fully saturated rings. The van der Waals surface area contributed by atoms with Crippen LogP contribution in [0.1, 0.15) is 11.3 Å². The summed E-state index contributed by atoms with van der Waals surface area (Å²) in [5, 5.41) is 0.356. The summed E-state index contributed by atoms with van der Waals surface area (Å²) in [5.74, 6) is -0.0678. The van der Waals surface area contributed by atoms with Crippen molar-refractivity contribution in [3.05, 3.63) is 44.9 Å². The zero-order chi connectivity index (χ0) is 12.6. The fraction of sp³-hybridized carbons (Fsp3) is 0.167. The molecule has 0 spiro atoms. The van der Waals surface area contributed by atoms with Crippen LogP contribution in [0.4, 0.5) is 4.39 Å². The Balaban J connectivity index is 2.61. The van der Waals surface area contributed by atoms with Crippen LogP contribution in [-0.4, -0.2) is 9.97 Å². The molecule has 0 aliphatic heterocycles. The van der Waals surface area contributed by atoms with Gasteiger partial charge >= 0.3 is 0 Å². The van der Waals surface area contributed by atoms with Gasteiger partial charge in [-0.3, -0.25) is 0 Å². The van der Waals surface area contributed by atoms with Gasteiger partial charge in [0.2, 0.25) is 0 Å². The Morgan fingerprint density at radius 1 is 1.24 bits per heavy atom. The second-order valence-electron chi connectivity index (χ2n) is 3.67. The minimum atomic E-state index is -0.376. The molecule has 0 bridgehead atoms. The predicted molar refractivity (Wildman–Crippen MR) is 69.6 cm³/mol. The van der Waals surface area contributed by atoms with E-state index in [1.165, 1.54) is 6.07 Å². The van der Waals surface area contributed by atoms with Crippen molar-refractivity contribution in [1.82, 2.24) is 9.97 Å². The summed E-state index contributed by atoms with van der Waals surface area (Å²) in [6.45, 7) is 3.66. The highest BCUT2D eigenvalue weighted by atomic mass is 79.9. The minimum absolute atomic E-state index is 0.308. The molecule has 2 nitrogen and oxygen atoms in total. The lowest BCUT2D eigenvalue weighted by atomic mass is 10.2. The van der Waals surface area contributed by atoms with Crippen molar-refractivity contribution in [2.75, 3.05) is 0 Å². The van der Waals surface area contributed by atoms with Crippen molar-refractivity contribution in [3.8, 4) is 11.4 Å². The summed E-state index contributed by atoms with van der Waals surface area (Å²) >= 11 is 9.17. The minimum Gasteiger partial charge on any atom is -0.233 e. The van der Waals surface area contributed by atoms with Gasteiger partial charge in [-0.2, -0.15) is 0 Å². The number of aryl methyl sites for hydroxylation is 1. The second kappa shape index (κ2) is 4.70. The quantitative estimate of drug-likeness (QED) is 0.733. The summed E-state index contributed by atoms with van der Waals surface area (Å²) in [6.07, 6.45) is 0. The van der Waals surface area contributed by atoms with Crippen molar-refractivity contribution in [2.24, 2.45) is 0 Å². The average Bonchev–Trinajstić information content (AvgIpc) is 2.25. The smallest absolute Gasteiger partial charge is 0.164 e. The van der Waals surface area contributed by atoms with Crippen molar-refractivity contribution in [2.45, 2.75) is 13.8 Å². The first-order chi connectivity index (χ1) is 7.99. The molecule has 0 aliphatic carbocycles. The van der Waals surface area contributed by atoms with Crippen LogP contribution >= 0.6 is 27.5 Å². The van der Waals surface area contributed by atoms with Gasteiger partial charge in [-0.25, -0.2) is 14.4 Å². The number of rotatable bonds is 1. The molecule has 2 aromatic rings. The SMILES string of the molecule is Cc1nc(-c2ccc(Br)cc2F)nc(Cl)c1C. The van der Waals surface area contributed by atoms with E-state index in [1.807, 2.05) is 13.8 Å². The molecule has 88 valence electrons. The first-order valence-corrected chi connectivity index (χ1v) is 6.12. The third-order valence-corrected chi connectivity index (χ3v) is 3.36. The summed E-state index contributed by atoms with van der Waals surface area (Å²) in [7, 11) is 0. The Morgan fingerprint density at radius 3 is 2.53 bits per heavy atom. The van der Waals surface area contributed by atoms with E-state index in [-0.39, 0.29) is 5.82 Å². The Bertz CT molecular complexity index is 564. The van der Waals surface area contributed by atoms with Gasteiger partial charge in [-0.1, -0.05) is 27.5 Å². The van der Waals surface area contributed by atoms with Crippen LogP contribution in [-0.2, 0) is 0 Å². The van der Waals surface area contributed by atoms with E-state index in [4.69, 9.17) is 11.6 Å². The normalized spacial score (nSPS) is 10.6. The van der Waals surface area contributed by atoms with Crippen molar-refractivity contribution < 1.29 is 4.39 Å². The molecule has 0 radical (unpaired) electrons. The topological polar surface area (TPSA) is 25.8 Å². The lowest BCUT2D eigenvalue weighted by molar-refractivity contribution is 0.629. The highest BCUT2D eigenvalue weighted by molar-refractivity contribution is 9.10. The molecule has 0 amide bonds. The average molecular weight is 316 g/mol. The maximum atomic E-state index is 13.7. The Hall–Kier alpha value is -1.00. The highest BCUT2D eigenvalue weighted by Crippen LogP contribution is 2.25. The lowest BCUT2D eigenvalue weighted by Gasteiger charge is -2.07. The molecular formula is C12H9BrClFN2. The molecule has 1 aromatic heterocycles. The van der Waals surface area contributed by atoms with E-state index in [2.05, 4.69) is 25.9 Å². The van der Waals surface area contributed by atoms with Crippen LogP contribution in [0.5, 0.6) is 0 Å². The number of nitrogens with zero attached hydrogens (tertiary/aromatic N) is 2. The summed E-state index contributed by atoms with van der Waals surface area (Å²) in [5.41, 5.74) is 1.91. The first-order valence-electron chi connectivity index (χ1n) is 4.95. The number of halogens is 3. The predicted octanol–water partition coefficient (Wildman–Crippen LogP) is 4.32. The third-order valence-electron chi connectivity index (χ3n) is 2.50. The van der Waals surface area contributed by atoms with Crippen molar-refractivity contribution in [3.63, 3.8) is 0 Å². The fourth-order valence-electron chi connectivity index (χ4n) is 1.39. The number of hydrogen-bond acceptors (Lipinski definition) is 2. The Labute approximate surface area is 112 Å². The van der Waals surface area contributed by atoms with Gasteiger partial charge in [-0.05, 0) is 32.0 Å².